The molecule has 2 atom stereocenters. The maximum atomic E-state index is 14.3. The average Bonchev–Trinajstić information content (AvgIpc) is 3.61. The number of halogens is 2. The predicted octanol–water partition coefficient (Wildman–Crippen LogP) is 6.06. The largest absolute Gasteiger partial charge is 0.351 e. The van der Waals surface area contributed by atoms with Gasteiger partial charge in [0.05, 0.1) is 18.1 Å². The van der Waals surface area contributed by atoms with Crippen LogP contribution in [0.2, 0.25) is 5.02 Å². The molecule has 11 nitrogen and oxygen atoms in total. The van der Waals surface area contributed by atoms with Gasteiger partial charge in [-0.15, -0.1) is 0 Å². The van der Waals surface area contributed by atoms with E-state index in [-0.39, 0.29) is 17.9 Å². The molecule has 0 bridgehead atoms. The number of aromatic nitrogens is 3. The second kappa shape index (κ2) is 16.9. The summed E-state index contributed by atoms with van der Waals surface area (Å²) in [5, 5.41) is 2.75. The number of nitrogens with two attached hydrogens (primary N) is 1. The minimum atomic E-state index is -0.526. The van der Waals surface area contributed by atoms with Gasteiger partial charge in [0.25, 0.3) is 0 Å². The van der Waals surface area contributed by atoms with Crippen molar-refractivity contribution in [3.8, 4) is 0 Å². The lowest BCUT2D eigenvalue weighted by Gasteiger charge is -2.45. The van der Waals surface area contributed by atoms with Gasteiger partial charge in [0.15, 0.2) is 6.23 Å². The molecule has 4 aromatic rings. The smallest absolute Gasteiger partial charge is 0.314 e. The highest BCUT2D eigenvalue weighted by Gasteiger charge is 2.39. The first-order chi connectivity index (χ1) is 25.3. The third-order valence-corrected chi connectivity index (χ3v) is 11.3. The molecule has 1 aliphatic carbocycles. The second-order valence-electron chi connectivity index (χ2n) is 14.1. The molecule has 2 aromatic carbocycles. The molecule has 2 fully saturated rings. The normalized spacial score (nSPS) is 19.7. The van der Waals surface area contributed by atoms with Gasteiger partial charge in [0, 0.05) is 86.9 Å². The van der Waals surface area contributed by atoms with E-state index in [1.54, 1.807) is 11.1 Å². The number of carbonyl (C=O) groups is 2. The van der Waals surface area contributed by atoms with Crippen molar-refractivity contribution in [2.45, 2.75) is 63.9 Å². The van der Waals surface area contributed by atoms with E-state index >= 15 is 0 Å². The molecule has 0 unspecified atom stereocenters. The Morgan fingerprint density at radius 3 is 2.60 bits per heavy atom. The number of benzene rings is 2. The lowest BCUT2D eigenvalue weighted by molar-refractivity contribution is -0.257. The van der Waals surface area contributed by atoms with Crippen molar-refractivity contribution < 1.29 is 14.4 Å². The summed E-state index contributed by atoms with van der Waals surface area (Å²) in [6, 6.07) is 18.2. The molecule has 52 heavy (non-hydrogen) atoms. The number of pyridine rings is 1. The van der Waals surface area contributed by atoms with Gasteiger partial charge in [0.2, 0.25) is 5.91 Å². The highest BCUT2D eigenvalue weighted by molar-refractivity contribution is 9.10. The summed E-state index contributed by atoms with van der Waals surface area (Å²) in [5.74, 6) is 0.265. The Morgan fingerprint density at radius 1 is 1.02 bits per heavy atom. The molecule has 13 heteroatoms. The summed E-state index contributed by atoms with van der Waals surface area (Å²) in [6.07, 6.45) is 11.4. The van der Waals surface area contributed by atoms with E-state index in [1.165, 1.54) is 16.7 Å². The number of hydrogen-bond donors (Lipinski definition) is 1. The zero-order valence-corrected chi connectivity index (χ0v) is 31.7. The summed E-state index contributed by atoms with van der Waals surface area (Å²) in [6.45, 7) is 4.89. The van der Waals surface area contributed by atoms with Crippen LogP contribution in [0.1, 0.15) is 59.7 Å². The summed E-state index contributed by atoms with van der Waals surface area (Å²) in [4.78, 5) is 48.3. The lowest BCUT2D eigenvalue weighted by Crippen LogP contribution is -2.58. The van der Waals surface area contributed by atoms with Crippen molar-refractivity contribution in [1.82, 2.24) is 34.3 Å². The highest BCUT2D eigenvalue weighted by atomic mass is 79.9. The first-order valence-electron chi connectivity index (χ1n) is 18.2. The minimum Gasteiger partial charge on any atom is -0.351 e. The Morgan fingerprint density at radius 2 is 1.83 bits per heavy atom. The van der Waals surface area contributed by atoms with E-state index in [0.717, 1.165) is 59.4 Å². The molecule has 2 N–H and O–H groups in total. The first-order valence-corrected chi connectivity index (χ1v) is 19.4. The van der Waals surface area contributed by atoms with Gasteiger partial charge in [0.1, 0.15) is 0 Å². The fraction of sp³-hybridized carbons (Fsp3) is 0.436. The highest BCUT2D eigenvalue weighted by Crippen LogP contribution is 2.39. The number of carbonyl (C=O) groups excluding carboxylic acids is 2. The van der Waals surface area contributed by atoms with Crippen molar-refractivity contribution in [2.75, 3.05) is 39.3 Å². The van der Waals surface area contributed by atoms with E-state index in [2.05, 4.69) is 60.7 Å². The van der Waals surface area contributed by atoms with E-state index in [4.69, 9.17) is 27.2 Å². The standard InChI is InChI=1S/C39H46BrClN8O3/c40-32-22-31-8-7-30-23-33(41)9-10-34(30)38(37(31)44-24-32)47-19-20-49(35(50)21-28-11-16-46(17-12-28)39(42)51)36(26-47)52-48(25-29-5-2-1-3-6-29)15-4-14-45-18-13-43-27-45/h1-3,5-6,9-10,13,18,22-24,27-28,36,38H,4,7-8,11-12,14-17,19-21,25-26H2,(H2,42,51)/t36-,38-/m0/s1. The van der Waals surface area contributed by atoms with Crippen LogP contribution in [0, 0.1) is 5.92 Å². The van der Waals surface area contributed by atoms with E-state index in [9.17, 15) is 9.59 Å². The maximum Gasteiger partial charge on any atom is 0.314 e. The quantitative estimate of drug-likeness (QED) is 0.184. The second-order valence-corrected chi connectivity index (χ2v) is 15.4. The average molecular weight is 790 g/mol. The van der Waals surface area contributed by atoms with Crippen LogP contribution in [0.4, 0.5) is 4.79 Å². The van der Waals surface area contributed by atoms with Crippen LogP contribution in [0.25, 0.3) is 0 Å². The Kier molecular flexibility index (Phi) is 11.9. The third-order valence-electron chi connectivity index (χ3n) is 10.6. The van der Waals surface area contributed by atoms with Gasteiger partial charge in [-0.05, 0) is 94.4 Å². The Labute approximate surface area is 318 Å². The van der Waals surface area contributed by atoms with Gasteiger partial charge in [-0.25, -0.2) is 9.78 Å². The van der Waals surface area contributed by atoms with Crippen LogP contribution in [-0.4, -0.2) is 91.7 Å². The zero-order valence-electron chi connectivity index (χ0n) is 29.3. The fourth-order valence-corrected chi connectivity index (χ4v) is 8.43. The molecule has 2 aliphatic heterocycles. The van der Waals surface area contributed by atoms with Crippen molar-refractivity contribution in [3.63, 3.8) is 0 Å². The molecule has 2 aromatic heterocycles. The zero-order chi connectivity index (χ0) is 36.0. The molecule has 7 rings (SSSR count). The monoisotopic (exact) mass is 788 g/mol. The van der Waals surface area contributed by atoms with Crippen LogP contribution in [0.5, 0.6) is 0 Å². The van der Waals surface area contributed by atoms with Crippen molar-refractivity contribution >= 4 is 39.5 Å². The van der Waals surface area contributed by atoms with Gasteiger partial charge < -0.3 is 20.1 Å². The van der Waals surface area contributed by atoms with Gasteiger partial charge in [-0.1, -0.05) is 48.0 Å². The number of hydrogen-bond acceptors (Lipinski definition) is 7. The Balaban J connectivity index is 1.17. The molecular formula is C39H46BrClN8O3. The maximum absolute atomic E-state index is 14.3. The SMILES string of the molecule is NC(=O)N1CCC(CC(=O)N2CCN([C@H]3c4ccc(Cl)cc4CCc4cc(Br)cnc43)C[C@@H]2ON(CCCn2ccnc2)Cc2ccccc2)CC1. The van der Waals surface area contributed by atoms with E-state index < -0.39 is 12.3 Å². The third kappa shape index (κ3) is 8.86. The number of likely N-dealkylation sites (tertiary alicyclic amines) is 1. The number of imidazole rings is 1. The van der Waals surface area contributed by atoms with Gasteiger partial charge in [-0.3, -0.25) is 19.5 Å². The van der Waals surface area contributed by atoms with Crippen molar-refractivity contribution in [2.24, 2.45) is 11.7 Å². The van der Waals surface area contributed by atoms with Gasteiger partial charge in [-0.2, -0.15) is 5.06 Å². The van der Waals surface area contributed by atoms with Crippen LogP contribution < -0.4 is 5.73 Å². The van der Waals surface area contributed by atoms with Crippen LogP contribution in [0.3, 0.4) is 0 Å². The molecule has 3 aliphatic rings. The fourth-order valence-electron chi connectivity index (χ4n) is 7.86. The lowest BCUT2D eigenvalue weighted by atomic mass is 9.92. The first kappa shape index (κ1) is 36.5. The Bertz CT molecular complexity index is 1770. The number of piperidine rings is 1. The predicted molar refractivity (Wildman–Crippen MR) is 203 cm³/mol. The van der Waals surface area contributed by atoms with Crippen LogP contribution >= 0.6 is 27.5 Å². The number of amides is 3. The van der Waals surface area contributed by atoms with Gasteiger partial charge >= 0.3 is 6.03 Å². The summed E-state index contributed by atoms with van der Waals surface area (Å²) < 4.78 is 3.03. The number of rotatable bonds is 11. The number of aryl methyl sites for hydroxylation is 3. The molecule has 0 radical (unpaired) electrons. The van der Waals surface area contributed by atoms with Crippen molar-refractivity contribution in [1.29, 1.82) is 0 Å². The molecule has 0 saturated carbocycles. The molecule has 274 valence electrons. The molecule has 4 heterocycles. The summed E-state index contributed by atoms with van der Waals surface area (Å²) in [5.41, 5.74) is 11.3. The summed E-state index contributed by atoms with van der Waals surface area (Å²) >= 11 is 10.2. The number of urea groups is 1. The Hall–Kier alpha value is -3.81. The minimum absolute atomic E-state index is 0.0794. The van der Waals surface area contributed by atoms with E-state index in [1.807, 2.05) is 52.9 Å². The molecular weight excluding hydrogens is 744 g/mol. The van der Waals surface area contributed by atoms with Crippen LogP contribution in [0.15, 0.2) is 84.0 Å². The number of hydroxylamine groups is 2. The van der Waals surface area contributed by atoms with Crippen molar-refractivity contribution in [3.05, 3.63) is 117 Å². The number of piperazine rings is 1. The number of primary amides is 1. The molecule has 0 spiro atoms. The number of fused-ring (bicyclic) bond motifs is 2. The number of nitrogens with zero attached hydrogens (tertiary/aromatic N) is 7. The molecule has 3 amide bonds. The van der Waals surface area contributed by atoms with Crippen LogP contribution in [-0.2, 0) is 35.6 Å². The topological polar surface area (TPSA) is 113 Å². The summed E-state index contributed by atoms with van der Waals surface area (Å²) in [7, 11) is 0. The van der Waals surface area contributed by atoms with E-state index in [0.29, 0.717) is 52.2 Å². The molecule has 2 saturated heterocycles.